The van der Waals surface area contributed by atoms with Crippen molar-refractivity contribution < 1.29 is 4.79 Å². The third-order valence-electron chi connectivity index (χ3n) is 5.03. The van der Waals surface area contributed by atoms with Crippen molar-refractivity contribution in [1.82, 2.24) is 10.2 Å². The molecule has 1 N–H and O–H groups in total. The highest BCUT2D eigenvalue weighted by Crippen LogP contribution is 2.29. The molecule has 2 aliphatic rings. The average molecular weight is 286 g/mol. The van der Waals surface area contributed by atoms with Gasteiger partial charge in [0.1, 0.15) is 0 Å². The molecule has 3 heteroatoms. The molecule has 1 aliphatic carbocycles. The van der Waals surface area contributed by atoms with Gasteiger partial charge in [0.05, 0.1) is 5.92 Å². The van der Waals surface area contributed by atoms with E-state index >= 15 is 0 Å². The highest BCUT2D eigenvalue weighted by atomic mass is 16.2. The van der Waals surface area contributed by atoms with Crippen LogP contribution in [-0.4, -0.2) is 29.9 Å². The summed E-state index contributed by atoms with van der Waals surface area (Å²) in [6.07, 6.45) is 6.24. The predicted octanol–water partition coefficient (Wildman–Crippen LogP) is 3.05. The maximum absolute atomic E-state index is 13.1. The van der Waals surface area contributed by atoms with Crippen LogP contribution in [0.25, 0.3) is 0 Å². The lowest BCUT2D eigenvalue weighted by Gasteiger charge is -2.37. The zero-order chi connectivity index (χ0) is 14.7. The summed E-state index contributed by atoms with van der Waals surface area (Å²) in [5.41, 5.74) is 2.51. The standard InChI is InChI=1S/C18H26N2O/c1-2-20(15-9-4-3-5-10-15)18(21)17-13-19-12-14-8-6-7-11-16(14)17/h6-8,11,15,17,19H,2-5,9-10,12-13H2,1H3. The topological polar surface area (TPSA) is 32.3 Å². The predicted molar refractivity (Wildman–Crippen MR) is 85.1 cm³/mol. The summed E-state index contributed by atoms with van der Waals surface area (Å²) in [6, 6.07) is 8.85. The molecule has 1 fully saturated rings. The molecule has 0 radical (unpaired) electrons. The van der Waals surface area contributed by atoms with Gasteiger partial charge in [-0.3, -0.25) is 4.79 Å². The molecule has 0 aromatic heterocycles. The minimum Gasteiger partial charge on any atom is -0.339 e. The molecule has 3 nitrogen and oxygen atoms in total. The van der Waals surface area contributed by atoms with Crippen LogP contribution >= 0.6 is 0 Å². The Morgan fingerprint density at radius 2 is 2.00 bits per heavy atom. The van der Waals surface area contributed by atoms with Gasteiger partial charge >= 0.3 is 0 Å². The van der Waals surface area contributed by atoms with Crippen molar-refractivity contribution in [2.45, 2.75) is 57.5 Å². The molecule has 21 heavy (non-hydrogen) atoms. The third kappa shape index (κ3) is 2.98. The first-order valence-corrected chi connectivity index (χ1v) is 8.40. The van der Waals surface area contributed by atoms with Crippen molar-refractivity contribution in [1.29, 1.82) is 0 Å². The van der Waals surface area contributed by atoms with E-state index in [1.807, 2.05) is 0 Å². The number of likely N-dealkylation sites (N-methyl/N-ethyl adjacent to an activating group) is 1. The van der Waals surface area contributed by atoms with Crippen LogP contribution in [0, 0.1) is 0 Å². The quantitative estimate of drug-likeness (QED) is 0.926. The SMILES string of the molecule is CCN(C(=O)C1CNCc2ccccc21)C1CCCCC1. The summed E-state index contributed by atoms with van der Waals surface area (Å²) in [4.78, 5) is 15.2. The Labute approximate surface area is 127 Å². The number of benzene rings is 1. The second-order valence-corrected chi connectivity index (χ2v) is 6.30. The Kier molecular flexibility index (Phi) is 4.59. The van der Waals surface area contributed by atoms with Gasteiger partial charge in [-0.1, -0.05) is 43.5 Å². The Balaban J connectivity index is 1.80. The molecule has 1 aliphatic heterocycles. The second kappa shape index (κ2) is 6.61. The Hall–Kier alpha value is -1.35. The first kappa shape index (κ1) is 14.6. The van der Waals surface area contributed by atoms with E-state index in [0.29, 0.717) is 11.9 Å². The number of carbonyl (C=O) groups is 1. The molecular weight excluding hydrogens is 260 g/mol. The normalized spacial score (nSPS) is 22.6. The van der Waals surface area contributed by atoms with Gasteiger partial charge in [0.2, 0.25) is 5.91 Å². The maximum atomic E-state index is 13.1. The Morgan fingerprint density at radius 1 is 1.24 bits per heavy atom. The monoisotopic (exact) mass is 286 g/mol. The summed E-state index contributed by atoms with van der Waals surface area (Å²) < 4.78 is 0. The number of nitrogens with one attached hydrogen (secondary N) is 1. The van der Waals surface area contributed by atoms with E-state index in [9.17, 15) is 4.79 Å². The number of nitrogens with zero attached hydrogens (tertiary/aromatic N) is 1. The van der Waals surface area contributed by atoms with Gasteiger partial charge in [-0.25, -0.2) is 0 Å². The van der Waals surface area contributed by atoms with E-state index in [4.69, 9.17) is 0 Å². The van der Waals surface area contributed by atoms with Gasteiger partial charge in [0, 0.05) is 25.7 Å². The first-order chi connectivity index (χ1) is 10.3. The highest BCUT2D eigenvalue weighted by molar-refractivity contribution is 5.85. The van der Waals surface area contributed by atoms with Gasteiger partial charge in [-0.15, -0.1) is 0 Å². The summed E-state index contributed by atoms with van der Waals surface area (Å²) in [5.74, 6) is 0.320. The zero-order valence-electron chi connectivity index (χ0n) is 13.0. The van der Waals surface area contributed by atoms with Gasteiger partial charge in [-0.05, 0) is 30.9 Å². The highest BCUT2D eigenvalue weighted by Gasteiger charge is 2.32. The molecular formula is C18H26N2O. The van der Waals surface area contributed by atoms with Crippen LogP contribution in [0.1, 0.15) is 56.1 Å². The van der Waals surface area contributed by atoms with Gasteiger partial charge in [0.15, 0.2) is 0 Å². The number of rotatable bonds is 3. The Bertz CT molecular complexity index is 494. The number of hydrogen-bond donors (Lipinski definition) is 1. The van der Waals surface area contributed by atoms with E-state index in [1.165, 1.54) is 43.2 Å². The molecule has 1 heterocycles. The lowest BCUT2D eigenvalue weighted by atomic mass is 9.88. The number of hydrogen-bond acceptors (Lipinski definition) is 2. The van der Waals surface area contributed by atoms with E-state index in [-0.39, 0.29) is 5.92 Å². The zero-order valence-corrected chi connectivity index (χ0v) is 13.0. The molecule has 0 bridgehead atoms. The van der Waals surface area contributed by atoms with Crippen LogP contribution in [0.5, 0.6) is 0 Å². The molecule has 0 saturated heterocycles. The molecule has 1 saturated carbocycles. The molecule has 1 atom stereocenters. The maximum Gasteiger partial charge on any atom is 0.231 e. The van der Waals surface area contributed by atoms with Crippen LogP contribution in [0.15, 0.2) is 24.3 Å². The first-order valence-electron chi connectivity index (χ1n) is 8.40. The fourth-order valence-electron chi connectivity index (χ4n) is 3.90. The number of carbonyl (C=O) groups excluding carboxylic acids is 1. The third-order valence-corrected chi connectivity index (χ3v) is 5.03. The lowest BCUT2D eigenvalue weighted by molar-refractivity contribution is -0.135. The average Bonchev–Trinajstić information content (AvgIpc) is 2.56. The summed E-state index contributed by atoms with van der Waals surface area (Å²) in [7, 11) is 0. The van der Waals surface area contributed by atoms with Crippen LogP contribution in [-0.2, 0) is 11.3 Å². The second-order valence-electron chi connectivity index (χ2n) is 6.30. The van der Waals surface area contributed by atoms with Crippen LogP contribution in [0.4, 0.5) is 0 Å². The molecule has 0 spiro atoms. The van der Waals surface area contributed by atoms with E-state index in [1.54, 1.807) is 0 Å². The fourth-order valence-corrected chi connectivity index (χ4v) is 3.90. The summed E-state index contributed by atoms with van der Waals surface area (Å²) in [6.45, 7) is 4.62. The molecule has 1 aromatic carbocycles. The van der Waals surface area contributed by atoms with E-state index in [2.05, 4.69) is 41.4 Å². The number of amides is 1. The number of fused-ring (bicyclic) bond motifs is 1. The smallest absolute Gasteiger partial charge is 0.231 e. The van der Waals surface area contributed by atoms with Crippen LogP contribution in [0.2, 0.25) is 0 Å². The van der Waals surface area contributed by atoms with Gasteiger partial charge in [0.25, 0.3) is 0 Å². The van der Waals surface area contributed by atoms with Crippen molar-refractivity contribution >= 4 is 5.91 Å². The summed E-state index contributed by atoms with van der Waals surface area (Å²) >= 11 is 0. The van der Waals surface area contributed by atoms with Crippen LogP contribution < -0.4 is 5.32 Å². The minimum atomic E-state index is -0.00294. The molecule has 1 aromatic rings. The summed E-state index contributed by atoms with van der Waals surface area (Å²) in [5, 5.41) is 3.41. The van der Waals surface area contributed by atoms with E-state index < -0.39 is 0 Å². The lowest BCUT2D eigenvalue weighted by Crippen LogP contribution is -2.46. The van der Waals surface area contributed by atoms with Crippen molar-refractivity contribution in [2.75, 3.05) is 13.1 Å². The molecule has 3 rings (SSSR count). The fraction of sp³-hybridized carbons (Fsp3) is 0.611. The van der Waals surface area contributed by atoms with Gasteiger partial charge in [-0.2, -0.15) is 0 Å². The van der Waals surface area contributed by atoms with Crippen molar-refractivity contribution in [2.24, 2.45) is 0 Å². The molecule has 1 amide bonds. The van der Waals surface area contributed by atoms with E-state index in [0.717, 1.165) is 19.6 Å². The van der Waals surface area contributed by atoms with Crippen molar-refractivity contribution in [3.63, 3.8) is 0 Å². The van der Waals surface area contributed by atoms with Gasteiger partial charge < -0.3 is 10.2 Å². The largest absolute Gasteiger partial charge is 0.339 e. The Morgan fingerprint density at radius 3 is 2.76 bits per heavy atom. The minimum absolute atomic E-state index is 0.00294. The van der Waals surface area contributed by atoms with Crippen molar-refractivity contribution in [3.8, 4) is 0 Å². The molecule has 114 valence electrons. The van der Waals surface area contributed by atoms with Crippen molar-refractivity contribution in [3.05, 3.63) is 35.4 Å². The van der Waals surface area contributed by atoms with Crippen LogP contribution in [0.3, 0.4) is 0 Å². The molecule has 1 unspecified atom stereocenters.